The number of phenolic OH excluding ortho intramolecular Hbond substituents is 1. The normalized spacial score (nSPS) is 9.45. The predicted molar refractivity (Wildman–Crippen MR) is 46.3 cm³/mol. The maximum atomic E-state index is 8.95. The van der Waals surface area contributed by atoms with Gasteiger partial charge in [-0.25, -0.2) is 0 Å². The number of allylic oxidation sites excluding steroid dienone is 1. The summed E-state index contributed by atoms with van der Waals surface area (Å²) in [5, 5.41) is 8.95. The van der Waals surface area contributed by atoms with Crippen molar-refractivity contribution in [3.63, 3.8) is 0 Å². The average Bonchev–Trinajstić information content (AvgIpc) is 2.04. The molecule has 0 saturated heterocycles. The van der Waals surface area contributed by atoms with Gasteiger partial charge in [-0.2, -0.15) is 0 Å². The van der Waals surface area contributed by atoms with Crippen molar-refractivity contribution in [1.82, 2.24) is 0 Å². The predicted octanol–water partition coefficient (Wildman–Crippen LogP) is 2.52. The molecule has 1 rings (SSSR count). The molecule has 0 aliphatic carbocycles. The lowest BCUT2D eigenvalue weighted by molar-refractivity contribution is 0.475. The molecule has 0 aliphatic rings. The lowest BCUT2D eigenvalue weighted by atomic mass is 10.1. The molecule has 0 heterocycles. The first kappa shape index (κ1) is 7.86. The second-order valence-corrected chi connectivity index (χ2v) is 2.32. The molecule has 11 heavy (non-hydrogen) atoms. The van der Waals surface area contributed by atoms with Crippen LogP contribution in [-0.2, 0) is 0 Å². The summed E-state index contributed by atoms with van der Waals surface area (Å²) in [6, 6.07) is 7.10. The molecule has 0 saturated carbocycles. The molecule has 1 nitrogen and oxygen atoms in total. The Kier molecular flexibility index (Phi) is 2.73. The summed E-state index contributed by atoms with van der Waals surface area (Å²) in [5.74, 6) is 0.306. The van der Waals surface area contributed by atoms with Gasteiger partial charge in [-0.15, -0.1) is 6.58 Å². The van der Waals surface area contributed by atoms with E-state index in [1.807, 2.05) is 24.6 Å². The minimum atomic E-state index is 0.306. The Labute approximate surface area is 67.0 Å². The van der Waals surface area contributed by atoms with Crippen LogP contribution in [0.3, 0.4) is 0 Å². The molecule has 0 aromatic heterocycles. The van der Waals surface area contributed by atoms with Crippen molar-refractivity contribution < 1.29 is 5.11 Å². The van der Waals surface area contributed by atoms with E-state index < -0.39 is 0 Å². The fraction of sp³-hybridized carbons (Fsp3) is 0.100. The van der Waals surface area contributed by atoms with E-state index in [1.54, 1.807) is 12.1 Å². The molecule has 57 valence electrons. The Morgan fingerprint density at radius 1 is 1.27 bits per heavy atom. The summed E-state index contributed by atoms with van der Waals surface area (Å²) in [5.41, 5.74) is 1.11. The molecule has 0 bridgehead atoms. The van der Waals surface area contributed by atoms with Crippen molar-refractivity contribution in [2.45, 2.75) is 6.42 Å². The van der Waals surface area contributed by atoms with E-state index in [2.05, 4.69) is 6.58 Å². The Bertz CT molecular complexity index is 223. The van der Waals surface area contributed by atoms with E-state index in [1.165, 1.54) is 0 Å². The van der Waals surface area contributed by atoms with Gasteiger partial charge in [0.2, 0.25) is 0 Å². The average molecular weight is 147 g/mol. The van der Waals surface area contributed by atoms with Gasteiger partial charge in [0, 0.05) is 0 Å². The highest BCUT2D eigenvalue weighted by atomic mass is 16.3. The zero-order chi connectivity index (χ0) is 8.10. The van der Waals surface area contributed by atoms with Gasteiger partial charge in [0.25, 0.3) is 0 Å². The van der Waals surface area contributed by atoms with Crippen LogP contribution in [0.5, 0.6) is 5.75 Å². The summed E-state index contributed by atoms with van der Waals surface area (Å²) in [4.78, 5) is 0. The van der Waals surface area contributed by atoms with Crippen molar-refractivity contribution in [2.24, 2.45) is 0 Å². The minimum Gasteiger partial charge on any atom is -0.508 e. The van der Waals surface area contributed by atoms with Crippen LogP contribution in [0.25, 0.3) is 0 Å². The van der Waals surface area contributed by atoms with E-state index in [4.69, 9.17) is 5.11 Å². The Balaban J connectivity index is 2.58. The van der Waals surface area contributed by atoms with Crippen LogP contribution in [0.15, 0.2) is 36.9 Å². The maximum absolute atomic E-state index is 8.95. The number of hydrogen-bond acceptors (Lipinski definition) is 1. The Morgan fingerprint density at radius 2 is 1.91 bits per heavy atom. The third-order valence-corrected chi connectivity index (χ3v) is 1.41. The second kappa shape index (κ2) is 3.81. The first-order chi connectivity index (χ1) is 5.33. The molecule has 1 aromatic carbocycles. The van der Waals surface area contributed by atoms with E-state index in [9.17, 15) is 0 Å². The van der Waals surface area contributed by atoms with Gasteiger partial charge in [0.05, 0.1) is 0 Å². The first-order valence-corrected chi connectivity index (χ1v) is 3.56. The van der Waals surface area contributed by atoms with Crippen LogP contribution < -0.4 is 0 Å². The lowest BCUT2D eigenvalue weighted by Gasteiger charge is -1.96. The quantitative estimate of drug-likeness (QED) is 0.651. The van der Waals surface area contributed by atoms with Gasteiger partial charge < -0.3 is 5.11 Å². The zero-order valence-electron chi connectivity index (χ0n) is 6.33. The molecule has 0 amide bonds. The van der Waals surface area contributed by atoms with E-state index in [0.717, 1.165) is 12.0 Å². The molecule has 0 unspecified atom stereocenters. The molecule has 0 aliphatic heterocycles. The molecule has 0 atom stereocenters. The summed E-state index contributed by atoms with van der Waals surface area (Å²) in [6.07, 6.45) is 4.75. The van der Waals surface area contributed by atoms with Crippen LogP contribution >= 0.6 is 0 Å². The van der Waals surface area contributed by atoms with Gasteiger partial charge in [0.15, 0.2) is 0 Å². The summed E-state index contributed by atoms with van der Waals surface area (Å²) in [7, 11) is 0. The van der Waals surface area contributed by atoms with Gasteiger partial charge in [-0.1, -0.05) is 18.2 Å². The van der Waals surface area contributed by atoms with Gasteiger partial charge in [0.1, 0.15) is 5.75 Å². The molecular formula is C10H11O. The molecule has 1 N–H and O–H groups in total. The third kappa shape index (κ3) is 2.46. The number of hydrogen-bond donors (Lipinski definition) is 1. The van der Waals surface area contributed by atoms with Crippen molar-refractivity contribution in [2.75, 3.05) is 0 Å². The lowest BCUT2D eigenvalue weighted by Crippen LogP contribution is -1.77. The number of aromatic hydroxyl groups is 1. The number of phenols is 1. The van der Waals surface area contributed by atoms with Crippen molar-refractivity contribution in [3.05, 3.63) is 48.9 Å². The topological polar surface area (TPSA) is 20.2 Å². The van der Waals surface area contributed by atoms with Crippen LogP contribution in [0.1, 0.15) is 12.0 Å². The molecule has 1 heteroatoms. The third-order valence-electron chi connectivity index (χ3n) is 1.41. The molecule has 1 aromatic rings. The van der Waals surface area contributed by atoms with E-state index in [-0.39, 0.29) is 0 Å². The highest BCUT2D eigenvalue weighted by Gasteiger charge is 1.90. The van der Waals surface area contributed by atoms with Crippen LogP contribution in [-0.4, -0.2) is 5.11 Å². The van der Waals surface area contributed by atoms with E-state index >= 15 is 0 Å². The molecular weight excluding hydrogens is 136 g/mol. The van der Waals surface area contributed by atoms with E-state index in [0.29, 0.717) is 5.75 Å². The summed E-state index contributed by atoms with van der Waals surface area (Å²) in [6.45, 7) is 3.61. The van der Waals surface area contributed by atoms with Crippen molar-refractivity contribution in [3.8, 4) is 5.75 Å². The fourth-order valence-corrected chi connectivity index (χ4v) is 0.830. The van der Waals surface area contributed by atoms with Crippen LogP contribution in [0.4, 0.5) is 0 Å². The Morgan fingerprint density at radius 3 is 2.45 bits per heavy atom. The second-order valence-electron chi connectivity index (χ2n) is 2.32. The van der Waals surface area contributed by atoms with Crippen LogP contribution in [0.2, 0.25) is 0 Å². The monoisotopic (exact) mass is 147 g/mol. The first-order valence-electron chi connectivity index (χ1n) is 3.56. The van der Waals surface area contributed by atoms with Crippen molar-refractivity contribution >= 4 is 0 Å². The summed E-state index contributed by atoms with van der Waals surface area (Å²) < 4.78 is 0. The highest BCUT2D eigenvalue weighted by molar-refractivity contribution is 5.30. The Hall–Kier alpha value is -1.24. The number of rotatable bonds is 3. The van der Waals surface area contributed by atoms with Gasteiger partial charge >= 0.3 is 0 Å². The highest BCUT2D eigenvalue weighted by Crippen LogP contribution is 2.12. The fourth-order valence-electron chi connectivity index (χ4n) is 0.830. The molecule has 0 spiro atoms. The molecule has 0 fully saturated rings. The molecule has 1 radical (unpaired) electrons. The number of benzene rings is 1. The van der Waals surface area contributed by atoms with Crippen molar-refractivity contribution in [1.29, 1.82) is 0 Å². The zero-order valence-corrected chi connectivity index (χ0v) is 6.33. The smallest absolute Gasteiger partial charge is 0.115 e. The largest absolute Gasteiger partial charge is 0.508 e. The standard InChI is InChI=1S/C10H11O/c1-2-3-4-9-5-7-10(11)8-6-9/h2,4-8,11H,1,3H2. The SMILES string of the molecule is C=CC[CH]c1ccc(O)cc1. The van der Waals surface area contributed by atoms with Gasteiger partial charge in [-0.3, -0.25) is 0 Å². The maximum Gasteiger partial charge on any atom is 0.115 e. The van der Waals surface area contributed by atoms with Gasteiger partial charge in [-0.05, 0) is 30.5 Å². The minimum absolute atomic E-state index is 0.306. The van der Waals surface area contributed by atoms with Crippen LogP contribution in [0, 0.1) is 6.42 Å². The summed E-state index contributed by atoms with van der Waals surface area (Å²) >= 11 is 0.